The average Bonchev–Trinajstić information content (AvgIpc) is 2.91. The molecule has 0 aliphatic rings. The number of amides is 1. The number of ether oxygens (including phenoxy) is 4. The molecule has 0 atom stereocenters. The van der Waals surface area contributed by atoms with Gasteiger partial charge in [-0.15, -0.1) is 0 Å². The lowest BCUT2D eigenvalue weighted by atomic mass is 10.0. The van der Waals surface area contributed by atoms with Gasteiger partial charge in [-0.3, -0.25) is 9.59 Å². The molecule has 0 fully saturated rings. The SMILES string of the molecule is CCOC(=O)CCc1ccc(Oc2ccc(/C(=C\c3cc(OC)cc(OC)c3)C(=O)N(C)C)cc2)cc1. The van der Waals surface area contributed by atoms with Crippen LogP contribution in [0.25, 0.3) is 11.6 Å². The molecule has 194 valence electrons. The van der Waals surface area contributed by atoms with E-state index >= 15 is 0 Å². The van der Waals surface area contributed by atoms with Crippen LogP contribution in [0.4, 0.5) is 0 Å². The van der Waals surface area contributed by atoms with Crippen molar-refractivity contribution in [3.63, 3.8) is 0 Å². The Morgan fingerprint density at radius 3 is 1.89 bits per heavy atom. The summed E-state index contributed by atoms with van der Waals surface area (Å²) in [5.74, 6) is 2.26. The summed E-state index contributed by atoms with van der Waals surface area (Å²) in [7, 11) is 6.61. The maximum atomic E-state index is 13.0. The Hall–Kier alpha value is -4.26. The molecule has 0 unspecified atom stereocenters. The predicted octanol–water partition coefficient (Wildman–Crippen LogP) is 5.62. The van der Waals surface area contributed by atoms with E-state index in [9.17, 15) is 9.59 Å². The number of carbonyl (C=O) groups is 2. The fraction of sp³-hybridized carbons (Fsp3) is 0.267. The van der Waals surface area contributed by atoms with Gasteiger partial charge in [0.15, 0.2) is 0 Å². The van der Waals surface area contributed by atoms with E-state index in [4.69, 9.17) is 18.9 Å². The van der Waals surface area contributed by atoms with Gasteiger partial charge in [0, 0.05) is 32.2 Å². The van der Waals surface area contributed by atoms with E-state index in [1.54, 1.807) is 41.3 Å². The molecule has 0 aromatic heterocycles. The maximum absolute atomic E-state index is 13.0. The first-order valence-corrected chi connectivity index (χ1v) is 12.0. The monoisotopic (exact) mass is 503 g/mol. The van der Waals surface area contributed by atoms with Crippen LogP contribution in [0, 0.1) is 0 Å². The minimum atomic E-state index is -0.199. The van der Waals surface area contributed by atoms with Crippen molar-refractivity contribution in [2.75, 3.05) is 34.9 Å². The number of likely N-dealkylation sites (N-methyl/N-ethyl adjacent to an activating group) is 1. The molecule has 0 bridgehead atoms. The molecule has 37 heavy (non-hydrogen) atoms. The number of methoxy groups -OCH3 is 2. The summed E-state index contributed by atoms with van der Waals surface area (Å²) >= 11 is 0. The molecule has 0 spiro atoms. The van der Waals surface area contributed by atoms with Gasteiger partial charge in [0.05, 0.1) is 20.8 Å². The molecule has 0 aliphatic heterocycles. The van der Waals surface area contributed by atoms with Crippen molar-refractivity contribution < 1.29 is 28.5 Å². The molecule has 3 aromatic rings. The Kier molecular flexibility index (Phi) is 9.72. The topological polar surface area (TPSA) is 74.3 Å². The third-order valence-corrected chi connectivity index (χ3v) is 5.57. The number of esters is 1. The molecular formula is C30H33NO6. The third kappa shape index (κ3) is 7.87. The fourth-order valence-electron chi connectivity index (χ4n) is 3.63. The van der Waals surface area contributed by atoms with Crippen LogP contribution >= 0.6 is 0 Å². The number of rotatable bonds is 11. The molecule has 0 radical (unpaired) electrons. The van der Waals surface area contributed by atoms with E-state index in [2.05, 4.69) is 0 Å². The molecule has 1 amide bonds. The van der Waals surface area contributed by atoms with Gasteiger partial charge < -0.3 is 23.8 Å². The summed E-state index contributed by atoms with van der Waals surface area (Å²) in [5, 5.41) is 0. The van der Waals surface area contributed by atoms with Crippen molar-refractivity contribution in [1.29, 1.82) is 0 Å². The van der Waals surface area contributed by atoms with Crippen molar-refractivity contribution in [3.8, 4) is 23.0 Å². The Bertz CT molecular complexity index is 1210. The van der Waals surface area contributed by atoms with Gasteiger partial charge >= 0.3 is 5.97 Å². The van der Waals surface area contributed by atoms with Crippen LogP contribution in [0.3, 0.4) is 0 Å². The van der Waals surface area contributed by atoms with E-state index in [-0.39, 0.29) is 11.9 Å². The zero-order chi connectivity index (χ0) is 26.8. The van der Waals surface area contributed by atoms with Crippen LogP contribution in [0.15, 0.2) is 66.7 Å². The number of hydrogen-bond acceptors (Lipinski definition) is 6. The molecular weight excluding hydrogens is 470 g/mol. The first-order chi connectivity index (χ1) is 17.8. The van der Waals surface area contributed by atoms with Crippen LogP contribution in [-0.4, -0.2) is 51.7 Å². The summed E-state index contributed by atoms with van der Waals surface area (Å²) < 4.78 is 21.7. The highest BCUT2D eigenvalue weighted by atomic mass is 16.5. The second-order valence-corrected chi connectivity index (χ2v) is 8.48. The molecule has 0 saturated heterocycles. The fourth-order valence-corrected chi connectivity index (χ4v) is 3.63. The highest BCUT2D eigenvalue weighted by Crippen LogP contribution is 2.29. The predicted molar refractivity (Wildman–Crippen MR) is 144 cm³/mol. The molecule has 3 rings (SSSR count). The zero-order valence-electron chi connectivity index (χ0n) is 21.9. The normalized spacial score (nSPS) is 11.0. The van der Waals surface area contributed by atoms with E-state index in [0.29, 0.717) is 48.0 Å². The Morgan fingerprint density at radius 1 is 0.811 bits per heavy atom. The van der Waals surface area contributed by atoms with Gasteiger partial charge in [-0.1, -0.05) is 24.3 Å². The lowest BCUT2D eigenvalue weighted by Crippen LogP contribution is -2.22. The number of hydrogen-bond donors (Lipinski definition) is 0. The van der Waals surface area contributed by atoms with Crippen LogP contribution in [-0.2, 0) is 20.7 Å². The van der Waals surface area contributed by atoms with E-state index in [1.165, 1.54) is 4.90 Å². The molecule has 0 aliphatic carbocycles. The highest BCUT2D eigenvalue weighted by Gasteiger charge is 2.15. The summed E-state index contributed by atoms with van der Waals surface area (Å²) in [5.41, 5.74) is 3.09. The van der Waals surface area contributed by atoms with E-state index in [0.717, 1.165) is 16.7 Å². The van der Waals surface area contributed by atoms with Crippen LogP contribution in [0.2, 0.25) is 0 Å². The standard InChI is InChI=1S/C30H33NO6/c1-6-36-29(32)16-9-21-7-12-24(13-8-21)37-25-14-10-23(11-15-25)28(30(33)31(2)3)19-22-17-26(34-4)20-27(18-22)35-5/h7-8,10-15,17-20H,6,9,16H2,1-5H3/b28-19+. The summed E-state index contributed by atoms with van der Waals surface area (Å²) in [4.78, 5) is 26.1. The largest absolute Gasteiger partial charge is 0.497 e. The molecule has 3 aromatic carbocycles. The minimum Gasteiger partial charge on any atom is -0.497 e. The molecule has 0 N–H and O–H groups in total. The first-order valence-electron chi connectivity index (χ1n) is 12.0. The van der Waals surface area contributed by atoms with Gasteiger partial charge in [0.2, 0.25) is 0 Å². The van der Waals surface area contributed by atoms with Gasteiger partial charge in [-0.25, -0.2) is 0 Å². The lowest BCUT2D eigenvalue weighted by molar-refractivity contribution is -0.143. The molecule has 0 heterocycles. The summed E-state index contributed by atoms with van der Waals surface area (Å²) in [6.45, 7) is 2.19. The van der Waals surface area contributed by atoms with E-state index in [1.807, 2.05) is 66.7 Å². The van der Waals surface area contributed by atoms with Gasteiger partial charge in [0.1, 0.15) is 23.0 Å². The zero-order valence-corrected chi connectivity index (χ0v) is 21.9. The quantitative estimate of drug-likeness (QED) is 0.192. The van der Waals surface area contributed by atoms with E-state index < -0.39 is 0 Å². The Morgan fingerprint density at radius 2 is 1.38 bits per heavy atom. The minimum absolute atomic E-state index is 0.131. The molecule has 7 heteroatoms. The first kappa shape index (κ1) is 27.3. The second kappa shape index (κ2) is 13.2. The highest BCUT2D eigenvalue weighted by molar-refractivity contribution is 6.24. The Labute approximate surface area is 218 Å². The van der Waals surface area contributed by atoms with Crippen molar-refractivity contribution in [3.05, 3.63) is 83.4 Å². The summed E-state index contributed by atoms with van der Waals surface area (Å²) in [6, 6.07) is 20.4. The number of nitrogens with zero attached hydrogens (tertiary/aromatic N) is 1. The molecule has 0 saturated carbocycles. The third-order valence-electron chi connectivity index (χ3n) is 5.57. The number of aryl methyl sites for hydroxylation is 1. The van der Waals surface area contributed by atoms with Gasteiger partial charge in [-0.05, 0) is 72.5 Å². The van der Waals surface area contributed by atoms with Crippen LogP contribution in [0.1, 0.15) is 30.0 Å². The van der Waals surface area contributed by atoms with Crippen molar-refractivity contribution in [2.24, 2.45) is 0 Å². The number of carbonyl (C=O) groups excluding carboxylic acids is 2. The van der Waals surface area contributed by atoms with Crippen LogP contribution < -0.4 is 14.2 Å². The van der Waals surface area contributed by atoms with Crippen molar-refractivity contribution in [2.45, 2.75) is 19.8 Å². The smallest absolute Gasteiger partial charge is 0.306 e. The second-order valence-electron chi connectivity index (χ2n) is 8.48. The lowest BCUT2D eigenvalue weighted by Gasteiger charge is -2.15. The molecule has 7 nitrogen and oxygen atoms in total. The van der Waals surface area contributed by atoms with Crippen LogP contribution in [0.5, 0.6) is 23.0 Å². The maximum Gasteiger partial charge on any atom is 0.306 e. The van der Waals surface area contributed by atoms with Gasteiger partial charge in [-0.2, -0.15) is 0 Å². The number of benzene rings is 3. The van der Waals surface area contributed by atoms with Crippen molar-refractivity contribution in [1.82, 2.24) is 4.90 Å². The summed E-state index contributed by atoms with van der Waals surface area (Å²) in [6.07, 6.45) is 2.78. The van der Waals surface area contributed by atoms with Crippen molar-refractivity contribution >= 4 is 23.5 Å². The Balaban J connectivity index is 1.78. The average molecular weight is 504 g/mol. The van der Waals surface area contributed by atoms with Gasteiger partial charge in [0.25, 0.3) is 5.91 Å².